The van der Waals surface area contributed by atoms with E-state index in [2.05, 4.69) is 54.5 Å². The van der Waals surface area contributed by atoms with Crippen LogP contribution in [0.15, 0.2) is 46.6 Å². The molecule has 0 fully saturated rings. The van der Waals surface area contributed by atoms with Gasteiger partial charge in [-0.05, 0) is 43.5 Å². The summed E-state index contributed by atoms with van der Waals surface area (Å²) in [5, 5.41) is 3.65. The predicted octanol–water partition coefficient (Wildman–Crippen LogP) is 2.85. The maximum atomic E-state index is 4.77. The van der Waals surface area contributed by atoms with Crippen LogP contribution in [0.2, 0.25) is 0 Å². The monoisotopic (exact) mass is 283 g/mol. The molecule has 3 nitrogen and oxygen atoms in total. The van der Waals surface area contributed by atoms with Crippen molar-refractivity contribution in [3.05, 3.63) is 47.2 Å². The maximum Gasteiger partial charge on any atom is 0.105 e. The van der Waals surface area contributed by atoms with Gasteiger partial charge in [0.2, 0.25) is 0 Å². The molecule has 2 aliphatic rings. The van der Waals surface area contributed by atoms with Crippen LogP contribution in [0.3, 0.4) is 0 Å². The van der Waals surface area contributed by atoms with E-state index in [9.17, 15) is 0 Å². The molecule has 1 atom stereocenters. The first kappa shape index (κ1) is 14.3. The van der Waals surface area contributed by atoms with Crippen molar-refractivity contribution in [1.82, 2.24) is 10.2 Å². The van der Waals surface area contributed by atoms with E-state index in [1.807, 2.05) is 0 Å². The molecule has 3 rings (SSSR count). The zero-order valence-corrected chi connectivity index (χ0v) is 13.1. The van der Waals surface area contributed by atoms with Gasteiger partial charge in [0.15, 0.2) is 0 Å². The van der Waals surface area contributed by atoms with Crippen LogP contribution in [0.25, 0.3) is 0 Å². The van der Waals surface area contributed by atoms with Crippen LogP contribution in [-0.4, -0.2) is 37.4 Å². The van der Waals surface area contributed by atoms with Gasteiger partial charge in [-0.3, -0.25) is 4.99 Å². The molecule has 2 aliphatic heterocycles. The zero-order valence-electron chi connectivity index (χ0n) is 13.1. The zero-order chi connectivity index (χ0) is 14.7. The van der Waals surface area contributed by atoms with Crippen molar-refractivity contribution in [2.45, 2.75) is 26.2 Å². The molecular formula is C18H25N3. The Morgan fingerprint density at radius 2 is 2.05 bits per heavy atom. The molecule has 0 aromatic heterocycles. The van der Waals surface area contributed by atoms with Crippen LogP contribution in [-0.2, 0) is 6.42 Å². The molecule has 3 heteroatoms. The summed E-state index contributed by atoms with van der Waals surface area (Å²) in [6.45, 7) is 5.55. The molecule has 21 heavy (non-hydrogen) atoms. The van der Waals surface area contributed by atoms with E-state index >= 15 is 0 Å². The summed E-state index contributed by atoms with van der Waals surface area (Å²) < 4.78 is 0. The third-order valence-electron chi connectivity index (χ3n) is 4.57. The second kappa shape index (κ2) is 6.44. The fourth-order valence-corrected chi connectivity index (χ4v) is 3.13. The van der Waals surface area contributed by atoms with Crippen molar-refractivity contribution in [3.63, 3.8) is 0 Å². The standard InChI is InChI=1S/C18H25N3/c1-14-8-10-21(2)11-9-16-13-19-17(20-18(14)16)12-15-6-4-3-5-7-15/h3-7,14H,8-13H2,1-2H3,(H,19,20). The SMILES string of the molecule is CC1CCN(C)CCC2=C1NC(Cc1ccccc1)=NC2. The number of amidine groups is 1. The highest BCUT2D eigenvalue weighted by Gasteiger charge is 2.22. The fourth-order valence-electron chi connectivity index (χ4n) is 3.13. The Labute approximate surface area is 127 Å². The van der Waals surface area contributed by atoms with Gasteiger partial charge in [0, 0.05) is 18.7 Å². The number of aliphatic imine (C=N–C) groups is 1. The number of nitrogens with zero attached hydrogens (tertiary/aromatic N) is 2. The largest absolute Gasteiger partial charge is 0.347 e. The summed E-state index contributed by atoms with van der Waals surface area (Å²) in [7, 11) is 2.22. The van der Waals surface area contributed by atoms with Gasteiger partial charge in [-0.15, -0.1) is 0 Å². The van der Waals surface area contributed by atoms with Crippen LogP contribution in [0.1, 0.15) is 25.3 Å². The molecule has 2 heterocycles. The Balaban J connectivity index is 1.72. The number of hydrogen-bond donors (Lipinski definition) is 1. The molecule has 0 saturated carbocycles. The van der Waals surface area contributed by atoms with E-state index in [1.165, 1.54) is 29.8 Å². The Kier molecular flexibility index (Phi) is 4.39. The highest BCUT2D eigenvalue weighted by molar-refractivity contribution is 5.87. The number of rotatable bonds is 2. The average Bonchev–Trinajstić information content (AvgIpc) is 2.51. The van der Waals surface area contributed by atoms with Crippen LogP contribution in [0.4, 0.5) is 0 Å². The van der Waals surface area contributed by atoms with Gasteiger partial charge < -0.3 is 10.2 Å². The molecule has 0 aliphatic carbocycles. The first-order chi connectivity index (χ1) is 10.2. The van der Waals surface area contributed by atoms with Crippen molar-refractivity contribution < 1.29 is 0 Å². The van der Waals surface area contributed by atoms with Gasteiger partial charge in [0.25, 0.3) is 0 Å². The molecular weight excluding hydrogens is 258 g/mol. The normalized spacial score (nSPS) is 23.7. The molecule has 0 amide bonds. The number of nitrogens with one attached hydrogen (secondary N) is 1. The molecule has 0 radical (unpaired) electrons. The minimum Gasteiger partial charge on any atom is -0.347 e. The van der Waals surface area contributed by atoms with Crippen LogP contribution in [0.5, 0.6) is 0 Å². The molecule has 0 saturated heterocycles. The van der Waals surface area contributed by atoms with Crippen molar-refractivity contribution in [2.75, 3.05) is 26.7 Å². The van der Waals surface area contributed by atoms with Gasteiger partial charge in [-0.25, -0.2) is 0 Å². The molecule has 1 aromatic carbocycles. The average molecular weight is 283 g/mol. The molecule has 0 spiro atoms. The Hall–Kier alpha value is -1.61. The van der Waals surface area contributed by atoms with Crippen molar-refractivity contribution >= 4 is 5.84 Å². The second-order valence-corrected chi connectivity index (χ2v) is 6.31. The molecule has 112 valence electrons. The number of benzene rings is 1. The lowest BCUT2D eigenvalue weighted by molar-refractivity contribution is 0.304. The van der Waals surface area contributed by atoms with Gasteiger partial charge >= 0.3 is 0 Å². The van der Waals surface area contributed by atoms with Crippen molar-refractivity contribution in [1.29, 1.82) is 0 Å². The van der Waals surface area contributed by atoms with E-state index in [1.54, 1.807) is 0 Å². The van der Waals surface area contributed by atoms with E-state index < -0.39 is 0 Å². The minimum atomic E-state index is 0.601. The van der Waals surface area contributed by atoms with Gasteiger partial charge in [-0.2, -0.15) is 0 Å². The fraction of sp³-hybridized carbons (Fsp3) is 0.500. The lowest BCUT2D eigenvalue weighted by Crippen LogP contribution is -2.37. The first-order valence-corrected chi connectivity index (χ1v) is 7.97. The Morgan fingerprint density at radius 3 is 2.86 bits per heavy atom. The third-order valence-corrected chi connectivity index (χ3v) is 4.57. The molecule has 1 aromatic rings. The molecule has 1 N–H and O–H groups in total. The first-order valence-electron chi connectivity index (χ1n) is 7.97. The summed E-state index contributed by atoms with van der Waals surface area (Å²) in [4.78, 5) is 7.20. The van der Waals surface area contributed by atoms with E-state index in [4.69, 9.17) is 4.99 Å². The lowest BCUT2D eigenvalue weighted by Gasteiger charge is -2.31. The summed E-state index contributed by atoms with van der Waals surface area (Å²) in [6.07, 6.45) is 3.27. The summed E-state index contributed by atoms with van der Waals surface area (Å²) in [6, 6.07) is 10.6. The van der Waals surface area contributed by atoms with E-state index in [-0.39, 0.29) is 0 Å². The van der Waals surface area contributed by atoms with Crippen LogP contribution >= 0.6 is 0 Å². The molecule has 0 bridgehead atoms. The Morgan fingerprint density at radius 1 is 1.24 bits per heavy atom. The smallest absolute Gasteiger partial charge is 0.105 e. The highest BCUT2D eigenvalue weighted by atomic mass is 15.1. The molecule has 1 unspecified atom stereocenters. The quantitative estimate of drug-likeness (QED) is 0.904. The maximum absolute atomic E-state index is 4.77. The highest BCUT2D eigenvalue weighted by Crippen LogP contribution is 2.24. The Bertz CT molecular complexity index is 545. The minimum absolute atomic E-state index is 0.601. The predicted molar refractivity (Wildman–Crippen MR) is 88.5 cm³/mol. The van der Waals surface area contributed by atoms with E-state index in [0.29, 0.717) is 5.92 Å². The summed E-state index contributed by atoms with van der Waals surface area (Å²) >= 11 is 0. The van der Waals surface area contributed by atoms with Crippen LogP contribution in [0, 0.1) is 5.92 Å². The summed E-state index contributed by atoms with van der Waals surface area (Å²) in [5.74, 6) is 1.73. The van der Waals surface area contributed by atoms with Crippen LogP contribution < -0.4 is 5.32 Å². The summed E-state index contributed by atoms with van der Waals surface area (Å²) in [5.41, 5.74) is 4.28. The third kappa shape index (κ3) is 3.53. The van der Waals surface area contributed by atoms with Crippen molar-refractivity contribution in [3.8, 4) is 0 Å². The lowest BCUT2D eigenvalue weighted by atomic mass is 9.93. The number of hydrogen-bond acceptors (Lipinski definition) is 3. The second-order valence-electron chi connectivity index (χ2n) is 6.31. The van der Waals surface area contributed by atoms with Gasteiger partial charge in [0.05, 0.1) is 6.54 Å². The number of allylic oxidation sites excluding steroid dienone is 1. The van der Waals surface area contributed by atoms with Crippen molar-refractivity contribution in [2.24, 2.45) is 10.9 Å². The topological polar surface area (TPSA) is 27.6 Å². The van der Waals surface area contributed by atoms with Gasteiger partial charge in [-0.1, -0.05) is 37.3 Å². The van der Waals surface area contributed by atoms with E-state index in [0.717, 1.165) is 31.8 Å². The van der Waals surface area contributed by atoms with Gasteiger partial charge in [0.1, 0.15) is 5.84 Å².